The molecule has 0 aliphatic heterocycles. The molecule has 2 aliphatic carbocycles. The monoisotopic (exact) mass is 302 g/mol. The fourth-order valence-corrected chi connectivity index (χ4v) is 4.88. The van der Waals surface area contributed by atoms with Crippen LogP contribution < -0.4 is 0 Å². The first kappa shape index (κ1) is 17.2. The predicted octanol–water partition coefficient (Wildman–Crippen LogP) is 4.89. The quantitative estimate of drug-likeness (QED) is 0.411. The molecule has 4 atom stereocenters. The Kier molecular flexibility index (Phi) is 5.09. The lowest BCUT2D eigenvalue weighted by Crippen LogP contribution is -2.49. The number of hydrogen-bond acceptors (Lipinski definition) is 2. The first-order valence-corrected chi connectivity index (χ1v) is 8.63. The Bertz CT molecular complexity index is 502. The van der Waals surface area contributed by atoms with Gasteiger partial charge in [-0.05, 0) is 67.3 Å². The Morgan fingerprint density at radius 1 is 1.32 bits per heavy atom. The van der Waals surface area contributed by atoms with E-state index >= 15 is 0 Å². The fourth-order valence-electron chi connectivity index (χ4n) is 4.88. The molecule has 22 heavy (non-hydrogen) atoms. The fraction of sp³-hybridized carbons (Fsp3) is 0.700. The SMILES string of the molecule is CC1=CCC[C@H]2[C@](C)(C/C=C(\C=O)CC=O)[C@@H](C)CC[C@@]12C. The van der Waals surface area contributed by atoms with Crippen molar-refractivity contribution in [1.82, 2.24) is 0 Å². The molecule has 1 saturated carbocycles. The number of carbonyl (C=O) groups is 2. The summed E-state index contributed by atoms with van der Waals surface area (Å²) in [5.41, 5.74) is 2.70. The standard InChI is InChI=1S/C20H30O2/c1-15-6-5-7-18-19(15,3)11-8-16(2)20(18,4)12-9-17(14-22)10-13-21/h6,9,13-14,16,18H,5,7-8,10-12H2,1-4H3/b17-9-/t16-,18+,19-,20+/m0/s1. The molecule has 122 valence electrons. The second-order valence-electron chi connectivity index (χ2n) is 7.85. The molecular formula is C20H30O2. The third-order valence-electron chi connectivity index (χ3n) is 6.87. The largest absolute Gasteiger partial charge is 0.303 e. The molecule has 0 unspecified atom stereocenters. The summed E-state index contributed by atoms with van der Waals surface area (Å²) in [4.78, 5) is 21.8. The van der Waals surface area contributed by atoms with Gasteiger partial charge in [-0.25, -0.2) is 0 Å². The van der Waals surface area contributed by atoms with Gasteiger partial charge in [0.25, 0.3) is 0 Å². The van der Waals surface area contributed by atoms with Gasteiger partial charge in [0.1, 0.15) is 12.6 Å². The molecule has 0 N–H and O–H groups in total. The van der Waals surface area contributed by atoms with Crippen molar-refractivity contribution in [2.45, 2.75) is 66.2 Å². The molecule has 0 saturated heterocycles. The van der Waals surface area contributed by atoms with Crippen LogP contribution in [-0.4, -0.2) is 12.6 Å². The summed E-state index contributed by atoms with van der Waals surface area (Å²) in [6.07, 6.45) is 12.2. The van der Waals surface area contributed by atoms with E-state index in [0.29, 0.717) is 22.8 Å². The number of aldehydes is 2. The van der Waals surface area contributed by atoms with Crippen LogP contribution in [0, 0.1) is 22.7 Å². The highest BCUT2D eigenvalue weighted by Gasteiger charge is 2.52. The molecule has 0 bridgehead atoms. The third kappa shape index (κ3) is 2.85. The van der Waals surface area contributed by atoms with Gasteiger partial charge in [0.05, 0.1) is 0 Å². The molecule has 2 heteroatoms. The highest BCUT2D eigenvalue weighted by Crippen LogP contribution is 2.61. The first-order chi connectivity index (χ1) is 10.4. The smallest absolute Gasteiger partial charge is 0.146 e. The minimum absolute atomic E-state index is 0.208. The van der Waals surface area contributed by atoms with E-state index < -0.39 is 0 Å². The summed E-state index contributed by atoms with van der Waals surface area (Å²) >= 11 is 0. The van der Waals surface area contributed by atoms with Crippen LogP contribution in [0.3, 0.4) is 0 Å². The zero-order valence-corrected chi connectivity index (χ0v) is 14.5. The van der Waals surface area contributed by atoms with E-state index in [2.05, 4.69) is 33.8 Å². The van der Waals surface area contributed by atoms with Crippen LogP contribution in [0.15, 0.2) is 23.3 Å². The van der Waals surface area contributed by atoms with E-state index in [9.17, 15) is 9.59 Å². The average Bonchev–Trinajstić information content (AvgIpc) is 2.50. The van der Waals surface area contributed by atoms with Crippen molar-refractivity contribution in [3.63, 3.8) is 0 Å². The molecule has 0 amide bonds. The molecule has 1 fully saturated rings. The van der Waals surface area contributed by atoms with Crippen LogP contribution in [0.2, 0.25) is 0 Å². The van der Waals surface area contributed by atoms with E-state index in [1.165, 1.54) is 25.7 Å². The van der Waals surface area contributed by atoms with Gasteiger partial charge in [0, 0.05) is 6.42 Å². The summed E-state index contributed by atoms with van der Waals surface area (Å²) in [7, 11) is 0. The molecule has 2 aliphatic rings. The summed E-state index contributed by atoms with van der Waals surface area (Å²) < 4.78 is 0. The van der Waals surface area contributed by atoms with Crippen molar-refractivity contribution in [1.29, 1.82) is 0 Å². The first-order valence-electron chi connectivity index (χ1n) is 8.63. The van der Waals surface area contributed by atoms with Crippen LogP contribution in [0.1, 0.15) is 66.2 Å². The predicted molar refractivity (Wildman–Crippen MR) is 90.5 cm³/mol. The Morgan fingerprint density at radius 2 is 2.05 bits per heavy atom. The number of hydrogen-bond donors (Lipinski definition) is 0. The molecule has 0 aromatic heterocycles. The Labute approximate surface area is 135 Å². The van der Waals surface area contributed by atoms with Gasteiger partial charge in [-0.1, -0.05) is 38.5 Å². The summed E-state index contributed by atoms with van der Waals surface area (Å²) in [6, 6.07) is 0. The highest BCUT2D eigenvalue weighted by atomic mass is 16.1. The van der Waals surface area contributed by atoms with Gasteiger partial charge < -0.3 is 4.79 Å². The number of fused-ring (bicyclic) bond motifs is 1. The van der Waals surface area contributed by atoms with Crippen molar-refractivity contribution < 1.29 is 9.59 Å². The van der Waals surface area contributed by atoms with Gasteiger partial charge in [-0.3, -0.25) is 4.79 Å². The van der Waals surface area contributed by atoms with Crippen LogP contribution in [-0.2, 0) is 9.59 Å². The normalized spacial score (nSPS) is 38.9. The molecule has 0 aromatic carbocycles. The molecule has 0 aromatic rings. The van der Waals surface area contributed by atoms with E-state index in [-0.39, 0.29) is 11.8 Å². The molecular weight excluding hydrogens is 272 g/mol. The minimum Gasteiger partial charge on any atom is -0.303 e. The summed E-state index contributed by atoms with van der Waals surface area (Å²) in [6.45, 7) is 9.49. The van der Waals surface area contributed by atoms with Crippen LogP contribution in [0.5, 0.6) is 0 Å². The van der Waals surface area contributed by atoms with Gasteiger partial charge >= 0.3 is 0 Å². The minimum atomic E-state index is 0.208. The maximum absolute atomic E-state index is 11.1. The Balaban J connectivity index is 2.31. The van der Waals surface area contributed by atoms with Gasteiger partial charge in [0.15, 0.2) is 0 Å². The van der Waals surface area contributed by atoms with Crippen molar-refractivity contribution in [2.24, 2.45) is 22.7 Å². The summed E-state index contributed by atoms with van der Waals surface area (Å²) in [5, 5.41) is 0. The van der Waals surface area contributed by atoms with E-state index in [4.69, 9.17) is 0 Å². The van der Waals surface area contributed by atoms with Crippen LogP contribution in [0.4, 0.5) is 0 Å². The Morgan fingerprint density at radius 3 is 2.68 bits per heavy atom. The lowest BCUT2D eigenvalue weighted by Gasteiger charge is -2.57. The maximum Gasteiger partial charge on any atom is 0.146 e. The third-order valence-corrected chi connectivity index (χ3v) is 6.87. The lowest BCUT2D eigenvalue weighted by molar-refractivity contribution is -0.109. The number of rotatable bonds is 5. The highest BCUT2D eigenvalue weighted by molar-refractivity contribution is 5.78. The van der Waals surface area contributed by atoms with E-state index in [1.54, 1.807) is 5.57 Å². The molecule has 0 radical (unpaired) electrons. The average molecular weight is 302 g/mol. The molecule has 0 spiro atoms. The summed E-state index contributed by atoms with van der Waals surface area (Å²) in [5.74, 6) is 1.31. The topological polar surface area (TPSA) is 34.1 Å². The second kappa shape index (κ2) is 6.52. The Hall–Kier alpha value is -1.18. The number of carbonyl (C=O) groups excluding carboxylic acids is 2. The lowest BCUT2D eigenvalue weighted by atomic mass is 9.47. The van der Waals surface area contributed by atoms with E-state index in [1.807, 2.05) is 6.08 Å². The molecule has 0 heterocycles. The second-order valence-corrected chi connectivity index (χ2v) is 7.85. The van der Waals surface area contributed by atoms with Crippen molar-refractivity contribution in [2.75, 3.05) is 0 Å². The van der Waals surface area contributed by atoms with E-state index in [0.717, 1.165) is 19.0 Å². The van der Waals surface area contributed by atoms with Crippen molar-refractivity contribution in [3.8, 4) is 0 Å². The maximum atomic E-state index is 11.1. The van der Waals surface area contributed by atoms with Gasteiger partial charge in [-0.15, -0.1) is 0 Å². The number of allylic oxidation sites excluding steroid dienone is 4. The van der Waals surface area contributed by atoms with Crippen molar-refractivity contribution in [3.05, 3.63) is 23.3 Å². The molecule has 2 nitrogen and oxygen atoms in total. The van der Waals surface area contributed by atoms with Crippen LogP contribution in [0.25, 0.3) is 0 Å². The van der Waals surface area contributed by atoms with Crippen molar-refractivity contribution >= 4 is 12.6 Å². The zero-order chi connectivity index (χ0) is 16.4. The van der Waals surface area contributed by atoms with Crippen LogP contribution >= 0.6 is 0 Å². The zero-order valence-electron chi connectivity index (χ0n) is 14.5. The molecule has 2 rings (SSSR count). The van der Waals surface area contributed by atoms with Gasteiger partial charge in [-0.2, -0.15) is 0 Å². The van der Waals surface area contributed by atoms with Gasteiger partial charge in [0.2, 0.25) is 0 Å².